The van der Waals surface area contributed by atoms with Gasteiger partial charge in [-0.25, -0.2) is 0 Å². The summed E-state index contributed by atoms with van der Waals surface area (Å²) in [4.78, 5) is 1.32. The number of halogens is 6. The van der Waals surface area contributed by atoms with Crippen LogP contribution in [0.15, 0.2) is 0 Å². The number of rotatable bonds is 2. The molecule has 2 aliphatic rings. The molecule has 0 bridgehead atoms. The van der Waals surface area contributed by atoms with E-state index in [1.165, 1.54) is 4.90 Å². The number of nitrogens with one attached hydrogen (secondary N) is 1. The second-order valence-corrected chi connectivity index (χ2v) is 5.78. The second-order valence-electron chi connectivity index (χ2n) is 5.78. The fourth-order valence-electron chi connectivity index (χ4n) is 3.11. The largest absolute Gasteiger partial charge is 0.404 e. The van der Waals surface area contributed by atoms with Crippen molar-refractivity contribution >= 4 is 0 Å². The molecule has 2 saturated heterocycles. The van der Waals surface area contributed by atoms with E-state index >= 15 is 0 Å². The first kappa shape index (κ1) is 15.9. The molecule has 2 nitrogen and oxygen atoms in total. The minimum absolute atomic E-state index is 0.140. The average Bonchev–Trinajstić information content (AvgIpc) is 2.74. The van der Waals surface area contributed by atoms with Gasteiger partial charge >= 0.3 is 12.4 Å². The van der Waals surface area contributed by atoms with Gasteiger partial charge in [0.15, 0.2) is 5.41 Å². The monoisotopic (exact) mass is 304 g/mol. The predicted octanol–water partition coefficient (Wildman–Crippen LogP) is 2.80. The Kier molecular flexibility index (Phi) is 4.26. The number of hydrogen-bond donors (Lipinski definition) is 1. The van der Waals surface area contributed by atoms with Crippen LogP contribution in [-0.2, 0) is 0 Å². The Morgan fingerprint density at radius 1 is 1.10 bits per heavy atom. The lowest BCUT2D eigenvalue weighted by Crippen LogP contribution is -2.52. The standard InChI is InChI=1S/C12H18F6N2/c13-11(14,15)10(12(16,17)18)3-5-20(8-10)7-9-2-1-4-19-6-9/h9,19H,1-8H2. The van der Waals surface area contributed by atoms with E-state index < -0.39 is 30.7 Å². The number of nitrogens with zero attached hydrogens (tertiary/aromatic N) is 1. The van der Waals surface area contributed by atoms with E-state index in [0.717, 1.165) is 19.4 Å². The van der Waals surface area contributed by atoms with Crippen molar-refractivity contribution in [2.45, 2.75) is 31.6 Å². The summed E-state index contributed by atoms with van der Waals surface area (Å²) in [6.07, 6.45) is -9.60. The van der Waals surface area contributed by atoms with Crippen LogP contribution in [0.2, 0.25) is 0 Å². The zero-order chi connectivity index (χ0) is 15.0. The summed E-state index contributed by atoms with van der Waals surface area (Å²) in [6.45, 7) is 0.736. The number of piperidine rings is 1. The molecule has 8 heteroatoms. The minimum atomic E-state index is -5.25. The molecule has 2 aliphatic heterocycles. The van der Waals surface area contributed by atoms with Gasteiger partial charge in [0.25, 0.3) is 0 Å². The molecule has 2 heterocycles. The Morgan fingerprint density at radius 2 is 1.75 bits per heavy atom. The third-order valence-electron chi connectivity index (χ3n) is 4.35. The van der Waals surface area contributed by atoms with Crippen molar-refractivity contribution in [3.8, 4) is 0 Å². The van der Waals surface area contributed by atoms with Crippen LogP contribution in [0, 0.1) is 11.3 Å². The van der Waals surface area contributed by atoms with Crippen LogP contribution in [0.25, 0.3) is 0 Å². The van der Waals surface area contributed by atoms with Gasteiger partial charge in [-0.3, -0.25) is 0 Å². The van der Waals surface area contributed by atoms with Crippen LogP contribution < -0.4 is 5.32 Å². The molecule has 118 valence electrons. The van der Waals surface area contributed by atoms with Gasteiger partial charge in [0, 0.05) is 13.1 Å². The summed E-state index contributed by atoms with van der Waals surface area (Å²) < 4.78 is 77.4. The Balaban J connectivity index is 2.04. The minimum Gasteiger partial charge on any atom is -0.316 e. The van der Waals surface area contributed by atoms with Crippen LogP contribution in [0.5, 0.6) is 0 Å². The fraction of sp³-hybridized carbons (Fsp3) is 1.00. The molecule has 0 aromatic rings. The highest BCUT2D eigenvalue weighted by atomic mass is 19.4. The lowest BCUT2D eigenvalue weighted by Gasteiger charge is -2.34. The van der Waals surface area contributed by atoms with E-state index in [4.69, 9.17) is 0 Å². The molecule has 0 saturated carbocycles. The van der Waals surface area contributed by atoms with Crippen LogP contribution >= 0.6 is 0 Å². The van der Waals surface area contributed by atoms with Gasteiger partial charge in [0.1, 0.15) is 0 Å². The molecule has 2 fully saturated rings. The quantitative estimate of drug-likeness (QED) is 0.789. The third-order valence-corrected chi connectivity index (χ3v) is 4.35. The maximum atomic E-state index is 12.9. The van der Waals surface area contributed by atoms with Crippen LogP contribution in [-0.4, -0.2) is 50.0 Å². The van der Waals surface area contributed by atoms with Crippen molar-refractivity contribution in [3.05, 3.63) is 0 Å². The van der Waals surface area contributed by atoms with Crippen molar-refractivity contribution in [1.29, 1.82) is 0 Å². The molecule has 0 aliphatic carbocycles. The summed E-state index contributed by atoms with van der Waals surface area (Å²) in [5, 5.41) is 3.12. The second kappa shape index (κ2) is 5.36. The maximum absolute atomic E-state index is 12.9. The highest BCUT2D eigenvalue weighted by Crippen LogP contribution is 2.55. The van der Waals surface area contributed by atoms with Crippen molar-refractivity contribution in [2.24, 2.45) is 11.3 Å². The van der Waals surface area contributed by atoms with Crippen molar-refractivity contribution in [1.82, 2.24) is 10.2 Å². The Hall–Kier alpha value is -0.500. The molecule has 0 aromatic carbocycles. The first-order chi connectivity index (χ1) is 9.16. The van der Waals surface area contributed by atoms with Gasteiger partial charge in [-0.2, -0.15) is 26.3 Å². The molecule has 1 N–H and O–H groups in total. The summed E-state index contributed by atoms with van der Waals surface area (Å²) in [5.41, 5.74) is -3.55. The van der Waals surface area contributed by atoms with Gasteiger partial charge in [-0.05, 0) is 44.8 Å². The summed E-state index contributed by atoms with van der Waals surface area (Å²) in [5.74, 6) is 0.140. The lowest BCUT2D eigenvalue weighted by molar-refractivity contribution is -0.335. The lowest BCUT2D eigenvalue weighted by atomic mass is 9.85. The number of alkyl halides is 6. The highest BCUT2D eigenvalue weighted by molar-refractivity contribution is 5.00. The van der Waals surface area contributed by atoms with Gasteiger partial charge in [-0.1, -0.05) is 0 Å². The maximum Gasteiger partial charge on any atom is 0.404 e. The molecule has 1 atom stereocenters. The zero-order valence-corrected chi connectivity index (χ0v) is 10.9. The van der Waals surface area contributed by atoms with Crippen LogP contribution in [0.1, 0.15) is 19.3 Å². The topological polar surface area (TPSA) is 15.3 Å². The molecule has 0 amide bonds. The molecule has 1 unspecified atom stereocenters. The van der Waals surface area contributed by atoms with Crippen molar-refractivity contribution in [3.63, 3.8) is 0 Å². The zero-order valence-electron chi connectivity index (χ0n) is 10.9. The Bertz CT molecular complexity index is 318. The van der Waals surface area contributed by atoms with Gasteiger partial charge in [0.05, 0.1) is 0 Å². The molecular formula is C12H18F6N2. The first-order valence-corrected chi connectivity index (χ1v) is 6.72. The van der Waals surface area contributed by atoms with E-state index in [-0.39, 0.29) is 12.5 Å². The molecular weight excluding hydrogens is 286 g/mol. The molecule has 20 heavy (non-hydrogen) atoms. The van der Waals surface area contributed by atoms with Gasteiger partial charge in [-0.15, -0.1) is 0 Å². The van der Waals surface area contributed by atoms with E-state index in [2.05, 4.69) is 5.32 Å². The van der Waals surface area contributed by atoms with Gasteiger partial charge < -0.3 is 10.2 Å². The smallest absolute Gasteiger partial charge is 0.316 e. The average molecular weight is 304 g/mol. The highest BCUT2D eigenvalue weighted by Gasteiger charge is 2.72. The van der Waals surface area contributed by atoms with Gasteiger partial charge in [0.2, 0.25) is 0 Å². The molecule has 0 aromatic heterocycles. The number of hydrogen-bond acceptors (Lipinski definition) is 2. The van der Waals surface area contributed by atoms with Crippen molar-refractivity contribution < 1.29 is 26.3 Å². The molecule has 0 radical (unpaired) electrons. The predicted molar refractivity (Wildman–Crippen MR) is 61.2 cm³/mol. The number of likely N-dealkylation sites (tertiary alicyclic amines) is 1. The van der Waals surface area contributed by atoms with E-state index in [1.807, 2.05) is 0 Å². The van der Waals surface area contributed by atoms with E-state index in [9.17, 15) is 26.3 Å². The summed E-state index contributed by atoms with van der Waals surface area (Å²) in [7, 11) is 0. The molecule has 0 spiro atoms. The Labute approximate surface area is 113 Å². The molecule has 2 rings (SSSR count). The first-order valence-electron chi connectivity index (χ1n) is 6.72. The fourth-order valence-corrected chi connectivity index (χ4v) is 3.11. The van der Waals surface area contributed by atoms with Crippen molar-refractivity contribution in [2.75, 3.05) is 32.7 Å². The third kappa shape index (κ3) is 2.90. The van der Waals surface area contributed by atoms with Crippen LogP contribution in [0.4, 0.5) is 26.3 Å². The van der Waals surface area contributed by atoms with E-state index in [0.29, 0.717) is 13.1 Å². The summed E-state index contributed by atoms with van der Waals surface area (Å²) in [6, 6.07) is 0. The SMILES string of the molecule is FC(F)(F)C1(C(F)(F)F)CCN(CC2CCCNC2)C1. The Morgan fingerprint density at radius 3 is 2.20 bits per heavy atom. The van der Waals surface area contributed by atoms with E-state index in [1.54, 1.807) is 0 Å². The normalized spacial score (nSPS) is 28.8. The van der Waals surface area contributed by atoms with Crippen LogP contribution in [0.3, 0.4) is 0 Å². The summed E-state index contributed by atoms with van der Waals surface area (Å²) >= 11 is 0.